The number of rotatable bonds is 5. The molecule has 1 aliphatic heterocycles. The van der Waals surface area contributed by atoms with Gasteiger partial charge in [-0.25, -0.2) is 4.98 Å². The second-order valence-electron chi connectivity index (χ2n) is 5.79. The third-order valence-corrected chi connectivity index (χ3v) is 5.41. The number of thiazole rings is 1. The Morgan fingerprint density at radius 2 is 2.24 bits per heavy atom. The lowest BCUT2D eigenvalue weighted by atomic mass is 10.0. The maximum Gasteiger partial charge on any atom is 0.249 e. The number of nitrogens with one attached hydrogen (secondary N) is 1. The number of hydrogen-bond acceptors (Lipinski definition) is 5. The van der Waals surface area contributed by atoms with Crippen molar-refractivity contribution < 1.29 is 9.53 Å². The predicted octanol–water partition coefficient (Wildman–Crippen LogP) is 1.19. The first-order chi connectivity index (χ1) is 10.3. The highest BCUT2D eigenvalue weighted by Crippen LogP contribution is 2.26. The Labute approximate surface area is 129 Å². The van der Waals surface area contributed by atoms with Gasteiger partial charge in [-0.3, -0.25) is 4.79 Å². The summed E-state index contributed by atoms with van der Waals surface area (Å²) in [4.78, 5) is 18.1. The molecular weight excluding hydrogens is 286 g/mol. The van der Waals surface area contributed by atoms with E-state index in [1.165, 1.54) is 29.8 Å². The van der Waals surface area contributed by atoms with E-state index in [9.17, 15) is 4.79 Å². The molecule has 6 heteroatoms. The summed E-state index contributed by atoms with van der Waals surface area (Å²) < 4.78 is 5.59. The van der Waals surface area contributed by atoms with Crippen molar-refractivity contribution in [1.82, 2.24) is 10.3 Å². The van der Waals surface area contributed by atoms with Crippen molar-refractivity contribution in [2.75, 3.05) is 13.1 Å². The van der Waals surface area contributed by atoms with Crippen LogP contribution in [0.5, 0.6) is 0 Å². The molecule has 0 aromatic carbocycles. The van der Waals surface area contributed by atoms with E-state index in [1.54, 1.807) is 0 Å². The Bertz CT molecular complexity index is 480. The van der Waals surface area contributed by atoms with Crippen molar-refractivity contribution in [3.8, 4) is 0 Å². The van der Waals surface area contributed by atoms with Gasteiger partial charge in [0.15, 0.2) is 0 Å². The molecule has 0 saturated carbocycles. The van der Waals surface area contributed by atoms with Crippen LogP contribution in [0.2, 0.25) is 0 Å². The van der Waals surface area contributed by atoms with E-state index < -0.39 is 0 Å². The standard InChI is InChI=1S/C15H23N3O2S/c16-9-10-5-6-12(20-10)15(19)17-8-7-14-18-11-3-1-2-4-13(11)21-14/h10,12H,1-9,16H2,(H,17,19)/t10-,12+/m1/s1. The van der Waals surface area contributed by atoms with Crippen molar-refractivity contribution in [2.24, 2.45) is 5.73 Å². The van der Waals surface area contributed by atoms with E-state index in [0.29, 0.717) is 13.1 Å². The van der Waals surface area contributed by atoms with Gasteiger partial charge in [-0.05, 0) is 38.5 Å². The molecule has 21 heavy (non-hydrogen) atoms. The van der Waals surface area contributed by atoms with E-state index in [4.69, 9.17) is 10.5 Å². The van der Waals surface area contributed by atoms with Gasteiger partial charge >= 0.3 is 0 Å². The number of amides is 1. The summed E-state index contributed by atoms with van der Waals surface area (Å²) in [6.45, 7) is 1.13. The van der Waals surface area contributed by atoms with Crippen LogP contribution in [0.1, 0.15) is 41.3 Å². The number of nitrogens with zero attached hydrogens (tertiary/aromatic N) is 1. The van der Waals surface area contributed by atoms with Crippen LogP contribution in [-0.4, -0.2) is 36.2 Å². The number of hydrogen-bond donors (Lipinski definition) is 2. The minimum Gasteiger partial charge on any atom is -0.364 e. The molecule has 2 aliphatic rings. The monoisotopic (exact) mass is 309 g/mol. The highest BCUT2D eigenvalue weighted by atomic mass is 32.1. The van der Waals surface area contributed by atoms with Crippen molar-refractivity contribution in [3.05, 3.63) is 15.6 Å². The van der Waals surface area contributed by atoms with E-state index in [1.807, 2.05) is 11.3 Å². The lowest BCUT2D eigenvalue weighted by Crippen LogP contribution is -2.36. The van der Waals surface area contributed by atoms with Crippen LogP contribution in [0, 0.1) is 0 Å². The average Bonchev–Trinajstić information content (AvgIpc) is 3.13. The lowest BCUT2D eigenvalue weighted by molar-refractivity contribution is -0.131. The number of carbonyl (C=O) groups excluding carboxylic acids is 1. The van der Waals surface area contributed by atoms with Gasteiger partial charge in [0, 0.05) is 24.4 Å². The Kier molecular flexibility index (Phi) is 4.87. The van der Waals surface area contributed by atoms with Crippen LogP contribution in [0.25, 0.3) is 0 Å². The lowest BCUT2D eigenvalue weighted by Gasteiger charge is -2.12. The SMILES string of the molecule is NC[C@H]1CC[C@@H](C(=O)NCCc2nc3c(s2)CCCC3)O1. The van der Waals surface area contributed by atoms with Gasteiger partial charge in [0.1, 0.15) is 6.10 Å². The van der Waals surface area contributed by atoms with Gasteiger partial charge in [-0.1, -0.05) is 0 Å². The van der Waals surface area contributed by atoms with Crippen LogP contribution in [-0.2, 0) is 28.8 Å². The Morgan fingerprint density at radius 1 is 1.38 bits per heavy atom. The Balaban J connectivity index is 1.43. The van der Waals surface area contributed by atoms with E-state index >= 15 is 0 Å². The fraction of sp³-hybridized carbons (Fsp3) is 0.733. The molecule has 0 unspecified atom stereocenters. The zero-order valence-electron chi connectivity index (χ0n) is 12.3. The van der Waals surface area contributed by atoms with Gasteiger partial charge in [0.25, 0.3) is 0 Å². The van der Waals surface area contributed by atoms with Crippen molar-refractivity contribution in [2.45, 2.75) is 57.2 Å². The highest BCUT2D eigenvalue weighted by molar-refractivity contribution is 7.11. The largest absolute Gasteiger partial charge is 0.364 e. The number of aryl methyl sites for hydroxylation is 2. The maximum atomic E-state index is 12.0. The summed E-state index contributed by atoms with van der Waals surface area (Å²) in [6.07, 6.45) is 7.05. The first-order valence-electron chi connectivity index (χ1n) is 7.87. The third-order valence-electron chi connectivity index (χ3n) is 4.19. The summed E-state index contributed by atoms with van der Waals surface area (Å²) in [5.74, 6) is -0.00716. The molecular formula is C15H23N3O2S. The zero-order chi connectivity index (χ0) is 14.7. The normalized spacial score (nSPS) is 24.8. The molecule has 0 bridgehead atoms. The van der Waals surface area contributed by atoms with E-state index in [2.05, 4.69) is 10.3 Å². The first-order valence-corrected chi connectivity index (χ1v) is 8.68. The highest BCUT2D eigenvalue weighted by Gasteiger charge is 2.29. The maximum absolute atomic E-state index is 12.0. The van der Waals surface area contributed by atoms with Gasteiger partial charge in [0.2, 0.25) is 5.91 Å². The molecule has 116 valence electrons. The molecule has 5 nitrogen and oxygen atoms in total. The number of nitrogens with two attached hydrogens (primary N) is 1. The van der Waals surface area contributed by atoms with E-state index in [0.717, 1.165) is 30.7 Å². The second-order valence-corrected chi connectivity index (χ2v) is 6.95. The summed E-state index contributed by atoms with van der Waals surface area (Å²) in [6, 6.07) is 0. The minimum atomic E-state index is -0.317. The zero-order valence-corrected chi connectivity index (χ0v) is 13.1. The van der Waals surface area contributed by atoms with Crippen molar-refractivity contribution in [3.63, 3.8) is 0 Å². The number of ether oxygens (including phenoxy) is 1. The van der Waals surface area contributed by atoms with Crippen LogP contribution >= 0.6 is 11.3 Å². The third kappa shape index (κ3) is 3.62. The number of carbonyl (C=O) groups is 1. The van der Waals surface area contributed by atoms with Crippen molar-refractivity contribution >= 4 is 17.2 Å². The molecule has 0 spiro atoms. The van der Waals surface area contributed by atoms with E-state index in [-0.39, 0.29) is 18.1 Å². The Hall–Kier alpha value is -0.980. The first kappa shape index (κ1) is 14.9. The van der Waals surface area contributed by atoms with Gasteiger partial charge in [-0.15, -0.1) is 11.3 Å². The predicted molar refractivity (Wildman–Crippen MR) is 82.4 cm³/mol. The average molecular weight is 309 g/mol. The van der Waals surface area contributed by atoms with Crippen LogP contribution in [0.15, 0.2) is 0 Å². The molecule has 2 heterocycles. The molecule has 2 atom stereocenters. The fourth-order valence-corrected chi connectivity index (χ4v) is 4.15. The molecule has 1 saturated heterocycles. The number of fused-ring (bicyclic) bond motifs is 1. The van der Waals surface area contributed by atoms with Crippen LogP contribution in [0.4, 0.5) is 0 Å². The molecule has 1 fully saturated rings. The van der Waals surface area contributed by atoms with Crippen LogP contribution < -0.4 is 11.1 Å². The van der Waals surface area contributed by atoms with Gasteiger partial charge < -0.3 is 15.8 Å². The molecule has 1 amide bonds. The molecule has 3 rings (SSSR count). The van der Waals surface area contributed by atoms with Crippen LogP contribution in [0.3, 0.4) is 0 Å². The molecule has 1 aromatic rings. The summed E-state index contributed by atoms with van der Waals surface area (Å²) in [5.41, 5.74) is 6.85. The molecule has 0 radical (unpaired) electrons. The molecule has 3 N–H and O–H groups in total. The van der Waals surface area contributed by atoms with Gasteiger partial charge in [0.05, 0.1) is 16.8 Å². The number of aromatic nitrogens is 1. The smallest absolute Gasteiger partial charge is 0.249 e. The molecule has 1 aromatic heterocycles. The summed E-state index contributed by atoms with van der Waals surface area (Å²) in [7, 11) is 0. The minimum absolute atomic E-state index is 0.00716. The summed E-state index contributed by atoms with van der Waals surface area (Å²) >= 11 is 1.81. The molecule has 1 aliphatic carbocycles. The van der Waals surface area contributed by atoms with Gasteiger partial charge in [-0.2, -0.15) is 0 Å². The second kappa shape index (κ2) is 6.85. The Morgan fingerprint density at radius 3 is 3.00 bits per heavy atom. The quantitative estimate of drug-likeness (QED) is 0.856. The fourth-order valence-electron chi connectivity index (χ4n) is 2.99. The summed E-state index contributed by atoms with van der Waals surface area (Å²) in [5, 5.41) is 4.11. The van der Waals surface area contributed by atoms with Crippen molar-refractivity contribution in [1.29, 1.82) is 0 Å². The topological polar surface area (TPSA) is 77.2 Å².